The van der Waals surface area contributed by atoms with Gasteiger partial charge in [-0.2, -0.15) is 0 Å². The zero-order valence-corrected chi connectivity index (χ0v) is 19.4. The van der Waals surface area contributed by atoms with Crippen LogP contribution in [0.4, 0.5) is 5.69 Å². The van der Waals surface area contributed by atoms with Gasteiger partial charge < -0.3 is 10.3 Å². The Hall–Kier alpha value is -4.56. The van der Waals surface area contributed by atoms with E-state index in [1.807, 2.05) is 6.20 Å². The number of fused-ring (bicyclic) bond motifs is 3. The fraction of sp³-hybridized carbons (Fsp3) is 0.0303. The summed E-state index contributed by atoms with van der Waals surface area (Å²) in [5.74, 6) is 0. The molecular weight excluding hydrogens is 424 g/mol. The van der Waals surface area contributed by atoms with Crippen LogP contribution >= 0.6 is 0 Å². The van der Waals surface area contributed by atoms with E-state index >= 15 is 0 Å². The fourth-order valence-corrected chi connectivity index (χ4v) is 4.72. The number of para-hydroxylation sites is 2. The summed E-state index contributed by atoms with van der Waals surface area (Å²) in [7, 11) is 0. The minimum atomic E-state index is 0.981. The van der Waals surface area contributed by atoms with E-state index in [9.17, 15) is 0 Å². The Morgan fingerprint density at radius 3 is 2.46 bits per heavy atom. The Balaban J connectivity index is 1.31. The molecule has 2 N–H and O–H groups in total. The number of allylic oxidation sites excluding steroid dienone is 7. The van der Waals surface area contributed by atoms with Crippen molar-refractivity contribution >= 4 is 27.5 Å². The highest BCUT2D eigenvalue weighted by Gasteiger charge is 2.08. The molecule has 0 fully saturated rings. The second-order valence-electron chi connectivity index (χ2n) is 8.79. The Bertz CT molecular complexity index is 1640. The molecule has 35 heavy (non-hydrogen) atoms. The van der Waals surface area contributed by atoms with Gasteiger partial charge in [0.2, 0.25) is 0 Å². The second-order valence-corrected chi connectivity index (χ2v) is 8.79. The molecule has 6 rings (SSSR count). The number of nitrogens with one attached hydrogen (secondary N) is 2. The molecule has 1 aliphatic rings. The number of rotatable bonds is 5. The van der Waals surface area contributed by atoms with Crippen molar-refractivity contribution in [3.63, 3.8) is 0 Å². The van der Waals surface area contributed by atoms with Gasteiger partial charge in [-0.15, -0.1) is 0 Å². The van der Waals surface area contributed by atoms with Crippen LogP contribution < -0.4 is 5.32 Å². The van der Waals surface area contributed by atoms with Crippen molar-refractivity contribution in [3.05, 3.63) is 139 Å². The Kier molecular flexibility index (Phi) is 5.62. The van der Waals surface area contributed by atoms with Crippen LogP contribution in [0.3, 0.4) is 0 Å². The van der Waals surface area contributed by atoms with Crippen molar-refractivity contribution in [3.8, 4) is 22.3 Å². The molecule has 2 nitrogen and oxygen atoms in total. The molecule has 0 aliphatic heterocycles. The molecule has 0 spiro atoms. The molecule has 2 heteroatoms. The molecule has 0 saturated carbocycles. The number of hydrogen-bond donors (Lipinski definition) is 2. The van der Waals surface area contributed by atoms with Crippen LogP contribution in [0.2, 0.25) is 0 Å². The highest BCUT2D eigenvalue weighted by Crippen LogP contribution is 2.34. The first-order chi connectivity index (χ1) is 17.3. The van der Waals surface area contributed by atoms with Crippen molar-refractivity contribution < 1.29 is 0 Å². The van der Waals surface area contributed by atoms with E-state index in [2.05, 4.69) is 138 Å². The quantitative estimate of drug-likeness (QED) is 0.275. The van der Waals surface area contributed by atoms with Crippen LogP contribution in [0.5, 0.6) is 0 Å². The minimum Gasteiger partial charge on any atom is -0.361 e. The van der Waals surface area contributed by atoms with E-state index in [1.165, 1.54) is 49.6 Å². The third-order valence-electron chi connectivity index (χ3n) is 6.50. The lowest BCUT2D eigenvalue weighted by Gasteiger charge is -2.11. The van der Waals surface area contributed by atoms with Gasteiger partial charge in [0, 0.05) is 39.3 Å². The summed E-state index contributed by atoms with van der Waals surface area (Å²) < 4.78 is 0. The van der Waals surface area contributed by atoms with E-state index in [1.54, 1.807) is 0 Å². The molecule has 0 saturated heterocycles. The normalized spacial score (nSPS) is 14.5. The number of H-pyrrole nitrogens is 1. The smallest absolute Gasteiger partial charge is 0.0465 e. The molecule has 0 bridgehead atoms. The number of anilines is 1. The van der Waals surface area contributed by atoms with Gasteiger partial charge in [0.1, 0.15) is 0 Å². The third kappa shape index (κ3) is 4.34. The lowest BCUT2D eigenvalue weighted by Crippen LogP contribution is -1.91. The summed E-state index contributed by atoms with van der Waals surface area (Å²) in [4.78, 5) is 3.52. The number of hydrogen-bond acceptors (Lipinski definition) is 1. The predicted molar refractivity (Wildman–Crippen MR) is 150 cm³/mol. The number of aromatic nitrogens is 1. The maximum absolute atomic E-state index is 3.52. The van der Waals surface area contributed by atoms with Gasteiger partial charge in [-0.1, -0.05) is 91.0 Å². The van der Waals surface area contributed by atoms with Crippen LogP contribution in [0.25, 0.3) is 44.1 Å². The zero-order valence-electron chi connectivity index (χ0n) is 19.4. The van der Waals surface area contributed by atoms with Crippen molar-refractivity contribution in [2.24, 2.45) is 0 Å². The summed E-state index contributed by atoms with van der Waals surface area (Å²) in [6.45, 7) is 0. The first-order valence-corrected chi connectivity index (χ1v) is 12.0. The van der Waals surface area contributed by atoms with Crippen LogP contribution in [0, 0.1) is 0 Å². The fourth-order valence-electron chi connectivity index (χ4n) is 4.72. The Morgan fingerprint density at radius 2 is 1.51 bits per heavy atom. The molecular formula is C33H26N2. The van der Waals surface area contributed by atoms with Gasteiger partial charge in [0.15, 0.2) is 0 Å². The lowest BCUT2D eigenvalue weighted by molar-refractivity contribution is 1.26. The largest absolute Gasteiger partial charge is 0.361 e. The maximum atomic E-state index is 3.52. The van der Waals surface area contributed by atoms with Crippen molar-refractivity contribution in [2.45, 2.75) is 6.42 Å². The zero-order chi connectivity index (χ0) is 23.5. The molecule has 1 heterocycles. The molecule has 0 amide bonds. The Labute approximate surface area is 205 Å². The summed E-state index contributed by atoms with van der Waals surface area (Å²) >= 11 is 0. The van der Waals surface area contributed by atoms with Gasteiger partial charge in [-0.25, -0.2) is 0 Å². The van der Waals surface area contributed by atoms with Gasteiger partial charge in [0.05, 0.1) is 0 Å². The molecule has 0 unspecified atom stereocenters. The van der Waals surface area contributed by atoms with Crippen LogP contribution in [0.1, 0.15) is 6.42 Å². The van der Waals surface area contributed by atoms with Crippen LogP contribution in [0.15, 0.2) is 139 Å². The molecule has 5 aromatic rings. The average Bonchev–Trinajstić information content (AvgIpc) is 3.30. The number of aromatic amines is 1. The van der Waals surface area contributed by atoms with Crippen molar-refractivity contribution in [2.75, 3.05) is 5.32 Å². The standard InChI is InChI=1S/C33H26N2/c1-2-10-24(11-3-1)12-9-21-34-31-17-6-4-15-28(31)27-14-8-13-25(22-27)26-19-20-33-30(23-26)29-16-5-7-18-32(29)35-33/h1-10,12-23,34-35H,11H2/b21-9+,24-12-. The monoisotopic (exact) mass is 450 g/mol. The highest BCUT2D eigenvalue weighted by molar-refractivity contribution is 6.08. The molecule has 1 aliphatic carbocycles. The van der Waals surface area contributed by atoms with Gasteiger partial charge in [-0.3, -0.25) is 0 Å². The topological polar surface area (TPSA) is 27.8 Å². The van der Waals surface area contributed by atoms with Gasteiger partial charge >= 0.3 is 0 Å². The lowest BCUT2D eigenvalue weighted by atomic mass is 9.97. The Morgan fingerprint density at radius 1 is 0.686 bits per heavy atom. The maximum Gasteiger partial charge on any atom is 0.0465 e. The van der Waals surface area contributed by atoms with Gasteiger partial charge in [-0.05, 0) is 65.1 Å². The first-order valence-electron chi connectivity index (χ1n) is 12.0. The van der Waals surface area contributed by atoms with E-state index < -0.39 is 0 Å². The average molecular weight is 451 g/mol. The SMILES string of the molecule is C1=CC/C(=C\C=C\Nc2ccccc2-c2cccc(-c3ccc4[nH]c5ccccc5c4c3)c2)C=C1. The number of benzene rings is 4. The second kappa shape index (κ2) is 9.36. The summed E-state index contributed by atoms with van der Waals surface area (Å²) in [5, 5.41) is 6.00. The highest BCUT2D eigenvalue weighted by atomic mass is 14.8. The first kappa shape index (κ1) is 21.0. The van der Waals surface area contributed by atoms with E-state index in [-0.39, 0.29) is 0 Å². The third-order valence-corrected chi connectivity index (χ3v) is 6.50. The summed E-state index contributed by atoms with van der Waals surface area (Å²) in [6.07, 6.45) is 15.7. The van der Waals surface area contributed by atoms with Crippen LogP contribution in [-0.4, -0.2) is 4.98 Å². The minimum absolute atomic E-state index is 0.981. The summed E-state index contributed by atoms with van der Waals surface area (Å²) in [5.41, 5.74) is 9.54. The van der Waals surface area contributed by atoms with E-state index in [0.29, 0.717) is 0 Å². The van der Waals surface area contributed by atoms with Crippen molar-refractivity contribution in [1.29, 1.82) is 0 Å². The molecule has 0 atom stereocenters. The van der Waals surface area contributed by atoms with E-state index in [0.717, 1.165) is 12.1 Å². The van der Waals surface area contributed by atoms with E-state index in [4.69, 9.17) is 0 Å². The molecule has 1 aromatic heterocycles. The predicted octanol–water partition coefficient (Wildman–Crippen LogP) is 9.02. The van der Waals surface area contributed by atoms with Crippen molar-refractivity contribution in [1.82, 2.24) is 4.98 Å². The molecule has 168 valence electrons. The summed E-state index contributed by atoms with van der Waals surface area (Å²) in [6, 6.07) is 32.4. The van der Waals surface area contributed by atoms with Crippen LogP contribution in [-0.2, 0) is 0 Å². The molecule has 4 aromatic carbocycles. The van der Waals surface area contributed by atoms with Gasteiger partial charge in [0.25, 0.3) is 0 Å². The molecule has 0 radical (unpaired) electrons.